The zero-order valence-electron chi connectivity index (χ0n) is 6.87. The van der Waals surface area contributed by atoms with Crippen LogP contribution in [0.5, 0.6) is 0 Å². The lowest BCUT2D eigenvalue weighted by Gasteiger charge is -2.11. The van der Waals surface area contributed by atoms with E-state index in [4.69, 9.17) is 0 Å². The Balaban J connectivity index is 3.14. The summed E-state index contributed by atoms with van der Waals surface area (Å²) >= 11 is 3.21. The second-order valence-corrected chi connectivity index (χ2v) is 3.71. The number of alkyl halides is 2. The van der Waals surface area contributed by atoms with Crippen molar-refractivity contribution >= 4 is 15.9 Å². The van der Waals surface area contributed by atoms with Crippen molar-refractivity contribution < 1.29 is 8.78 Å². The molecule has 66 valence electrons. The van der Waals surface area contributed by atoms with Crippen molar-refractivity contribution in [2.24, 2.45) is 0 Å². The molecule has 0 bridgehead atoms. The monoisotopic (exact) mass is 234 g/mol. The topological polar surface area (TPSA) is 0 Å². The molecule has 0 saturated carbocycles. The van der Waals surface area contributed by atoms with Crippen LogP contribution in [0.15, 0.2) is 22.7 Å². The van der Waals surface area contributed by atoms with Gasteiger partial charge in [0.2, 0.25) is 0 Å². The molecule has 0 saturated heterocycles. The predicted molar refractivity (Wildman–Crippen MR) is 48.4 cm³/mol. The maximum atomic E-state index is 12.7. The summed E-state index contributed by atoms with van der Waals surface area (Å²) < 4.78 is 26.2. The van der Waals surface area contributed by atoms with Gasteiger partial charge in [-0.15, -0.1) is 0 Å². The fraction of sp³-hybridized carbons (Fsp3) is 0.333. The minimum atomic E-state index is -2.75. The van der Waals surface area contributed by atoms with Gasteiger partial charge in [0.1, 0.15) is 0 Å². The molecule has 0 heterocycles. The van der Waals surface area contributed by atoms with E-state index in [1.54, 1.807) is 6.07 Å². The number of rotatable bonds is 1. The largest absolute Gasteiger partial charge is 0.270 e. The first kappa shape index (κ1) is 9.65. The Morgan fingerprint density at radius 1 is 1.33 bits per heavy atom. The van der Waals surface area contributed by atoms with Crippen LogP contribution in [-0.4, -0.2) is 0 Å². The van der Waals surface area contributed by atoms with Crippen molar-refractivity contribution in [1.29, 1.82) is 0 Å². The minimum absolute atomic E-state index is 0.0416. The van der Waals surface area contributed by atoms with Crippen LogP contribution < -0.4 is 0 Å². The van der Waals surface area contributed by atoms with Gasteiger partial charge >= 0.3 is 0 Å². The molecule has 0 spiro atoms. The highest BCUT2D eigenvalue weighted by Gasteiger charge is 2.24. The summed E-state index contributed by atoms with van der Waals surface area (Å²) in [5.41, 5.74) is 1.00. The molecule has 1 aromatic rings. The van der Waals surface area contributed by atoms with Gasteiger partial charge in [-0.05, 0) is 18.6 Å². The molecule has 3 heteroatoms. The van der Waals surface area contributed by atoms with Crippen LogP contribution in [0.3, 0.4) is 0 Å². The van der Waals surface area contributed by atoms with E-state index in [2.05, 4.69) is 15.9 Å². The third-order valence-electron chi connectivity index (χ3n) is 1.68. The molecule has 0 aliphatic rings. The average molecular weight is 235 g/mol. The van der Waals surface area contributed by atoms with Crippen molar-refractivity contribution in [3.63, 3.8) is 0 Å². The summed E-state index contributed by atoms with van der Waals surface area (Å²) in [6.45, 7) is 2.76. The van der Waals surface area contributed by atoms with Crippen molar-refractivity contribution in [1.82, 2.24) is 0 Å². The number of aryl methyl sites for hydroxylation is 1. The normalized spacial score (nSPS) is 11.8. The first-order chi connectivity index (χ1) is 5.41. The molecule has 0 nitrogen and oxygen atoms in total. The van der Waals surface area contributed by atoms with E-state index in [-0.39, 0.29) is 5.56 Å². The molecule has 0 aliphatic carbocycles. The Hall–Kier alpha value is -0.440. The number of halogens is 3. The summed E-state index contributed by atoms with van der Waals surface area (Å²) in [6.07, 6.45) is 0. The van der Waals surface area contributed by atoms with Crippen LogP contribution in [0, 0.1) is 6.92 Å². The molecular weight excluding hydrogens is 226 g/mol. The van der Waals surface area contributed by atoms with Crippen LogP contribution in [0.1, 0.15) is 18.1 Å². The van der Waals surface area contributed by atoms with Gasteiger partial charge in [0.25, 0.3) is 5.92 Å². The molecule has 12 heavy (non-hydrogen) atoms. The number of hydrogen-bond donors (Lipinski definition) is 0. The second kappa shape index (κ2) is 3.13. The third kappa shape index (κ3) is 2.03. The van der Waals surface area contributed by atoms with E-state index in [9.17, 15) is 8.78 Å². The van der Waals surface area contributed by atoms with Crippen LogP contribution in [-0.2, 0) is 5.92 Å². The summed E-state index contributed by atoms with van der Waals surface area (Å²) in [6, 6.07) is 4.58. The van der Waals surface area contributed by atoms with Crippen molar-refractivity contribution in [2.75, 3.05) is 0 Å². The second-order valence-electron chi connectivity index (χ2n) is 2.85. The van der Waals surface area contributed by atoms with Gasteiger partial charge in [0.15, 0.2) is 0 Å². The Kier molecular flexibility index (Phi) is 2.52. The van der Waals surface area contributed by atoms with Crippen LogP contribution in [0.25, 0.3) is 0 Å². The van der Waals surface area contributed by atoms with Crippen molar-refractivity contribution in [2.45, 2.75) is 19.8 Å². The SMILES string of the molecule is Cc1ccc(C(C)(F)F)cc1Br. The fourth-order valence-electron chi connectivity index (χ4n) is 0.866. The fourth-order valence-corrected chi connectivity index (χ4v) is 1.24. The molecule has 0 aromatic heterocycles. The molecule has 0 atom stereocenters. The van der Waals surface area contributed by atoms with E-state index in [0.29, 0.717) is 0 Å². The van der Waals surface area contributed by atoms with Gasteiger partial charge in [0.05, 0.1) is 0 Å². The highest BCUT2D eigenvalue weighted by molar-refractivity contribution is 9.10. The average Bonchev–Trinajstić information content (AvgIpc) is 1.92. The zero-order valence-corrected chi connectivity index (χ0v) is 8.45. The quantitative estimate of drug-likeness (QED) is 0.693. The summed E-state index contributed by atoms with van der Waals surface area (Å²) in [5, 5.41) is 0. The summed E-state index contributed by atoms with van der Waals surface area (Å²) in [4.78, 5) is 0. The van der Waals surface area contributed by atoms with Gasteiger partial charge in [-0.1, -0.05) is 28.1 Å². The standard InChI is InChI=1S/C9H9BrF2/c1-6-3-4-7(5-8(6)10)9(2,11)12/h3-5H,1-2H3. The third-order valence-corrected chi connectivity index (χ3v) is 2.53. The first-order valence-corrected chi connectivity index (χ1v) is 4.35. The van der Waals surface area contributed by atoms with E-state index in [0.717, 1.165) is 17.0 Å². The number of hydrogen-bond acceptors (Lipinski definition) is 0. The molecule has 0 aliphatic heterocycles. The van der Waals surface area contributed by atoms with Gasteiger partial charge in [-0.3, -0.25) is 0 Å². The zero-order chi connectivity index (χ0) is 9.35. The van der Waals surface area contributed by atoms with E-state index in [1.165, 1.54) is 12.1 Å². The molecule has 0 amide bonds. The lowest BCUT2D eigenvalue weighted by atomic mass is 10.1. The molecule has 0 unspecified atom stereocenters. The van der Waals surface area contributed by atoms with Crippen molar-refractivity contribution in [3.8, 4) is 0 Å². The first-order valence-electron chi connectivity index (χ1n) is 3.55. The Bertz CT molecular complexity index is 289. The molecule has 1 rings (SSSR count). The molecule has 0 radical (unpaired) electrons. The van der Waals surface area contributed by atoms with Gasteiger partial charge < -0.3 is 0 Å². The highest BCUT2D eigenvalue weighted by atomic mass is 79.9. The van der Waals surface area contributed by atoms with Gasteiger partial charge in [-0.2, -0.15) is 0 Å². The Morgan fingerprint density at radius 3 is 2.33 bits per heavy atom. The molecular formula is C9H9BrF2. The molecule has 1 aromatic carbocycles. The van der Waals surface area contributed by atoms with Crippen LogP contribution in [0.4, 0.5) is 8.78 Å². The van der Waals surface area contributed by atoms with Crippen molar-refractivity contribution in [3.05, 3.63) is 33.8 Å². The lowest BCUT2D eigenvalue weighted by molar-refractivity contribution is 0.0174. The summed E-state index contributed by atoms with van der Waals surface area (Å²) in [7, 11) is 0. The van der Waals surface area contributed by atoms with Crippen LogP contribution in [0.2, 0.25) is 0 Å². The van der Waals surface area contributed by atoms with E-state index < -0.39 is 5.92 Å². The van der Waals surface area contributed by atoms with Crippen LogP contribution >= 0.6 is 15.9 Å². The summed E-state index contributed by atoms with van der Waals surface area (Å²) in [5.74, 6) is -2.75. The highest BCUT2D eigenvalue weighted by Crippen LogP contribution is 2.29. The smallest absolute Gasteiger partial charge is 0.202 e. The van der Waals surface area contributed by atoms with Gasteiger partial charge in [-0.25, -0.2) is 8.78 Å². The van der Waals surface area contributed by atoms with E-state index >= 15 is 0 Å². The Morgan fingerprint density at radius 2 is 1.92 bits per heavy atom. The molecule has 0 fully saturated rings. The lowest BCUT2D eigenvalue weighted by Crippen LogP contribution is -2.06. The number of benzene rings is 1. The maximum absolute atomic E-state index is 12.7. The van der Waals surface area contributed by atoms with Gasteiger partial charge in [0, 0.05) is 17.0 Å². The Labute approximate surface area is 78.7 Å². The minimum Gasteiger partial charge on any atom is -0.202 e. The maximum Gasteiger partial charge on any atom is 0.270 e. The van der Waals surface area contributed by atoms with E-state index in [1.807, 2.05) is 6.92 Å². The molecule has 0 N–H and O–H groups in total. The predicted octanol–water partition coefficient (Wildman–Crippen LogP) is 3.87.